The maximum absolute atomic E-state index is 13.8. The van der Waals surface area contributed by atoms with Gasteiger partial charge in [-0.15, -0.1) is 0 Å². The fraction of sp³-hybridized carbons (Fsp3) is 0.333. The number of ether oxygens (including phenoxy) is 1. The summed E-state index contributed by atoms with van der Waals surface area (Å²) < 4.78 is 47.3. The number of benzene rings is 1. The first-order chi connectivity index (χ1) is 16.6. The molecule has 3 atom stereocenters. The minimum atomic E-state index is -4.47. The number of amides is 1. The van der Waals surface area contributed by atoms with Gasteiger partial charge in [0.2, 0.25) is 0 Å². The SMILES string of the molecule is CC1CC2Oc3cc(C(F)(F)F)ccc3C2N(C(=O)c2cc3c(cn2)nc(N)c2cnn(C)c23)C1. The highest BCUT2D eigenvalue weighted by atomic mass is 19.4. The van der Waals surface area contributed by atoms with Gasteiger partial charge in [-0.05, 0) is 30.5 Å². The second-order valence-corrected chi connectivity index (χ2v) is 9.26. The zero-order valence-corrected chi connectivity index (χ0v) is 18.9. The van der Waals surface area contributed by atoms with Crippen LogP contribution in [0.1, 0.15) is 41.0 Å². The van der Waals surface area contributed by atoms with Crippen molar-refractivity contribution in [2.24, 2.45) is 13.0 Å². The van der Waals surface area contributed by atoms with Crippen LogP contribution >= 0.6 is 0 Å². The summed E-state index contributed by atoms with van der Waals surface area (Å²) in [6, 6.07) is 4.65. The minimum Gasteiger partial charge on any atom is -0.488 e. The van der Waals surface area contributed by atoms with Crippen molar-refractivity contribution in [1.29, 1.82) is 0 Å². The standard InChI is InChI=1S/C24H21F3N6O2/c1-11-5-19-21(13-4-3-12(24(25,26)27)6-18(13)35-19)33(10-11)23(34)16-7-14-17(9-29-16)31-22(28)15-8-30-32(2)20(14)15/h3-4,6-9,11,19,21H,5,10H2,1-2H3,(H2,28,31). The summed E-state index contributed by atoms with van der Waals surface area (Å²) >= 11 is 0. The summed E-state index contributed by atoms with van der Waals surface area (Å²) in [5.74, 6) is 0.274. The number of likely N-dealkylation sites (tertiary alicyclic amines) is 1. The van der Waals surface area contributed by atoms with Crippen molar-refractivity contribution < 1.29 is 22.7 Å². The van der Waals surface area contributed by atoms with E-state index in [4.69, 9.17) is 10.5 Å². The van der Waals surface area contributed by atoms with Crippen molar-refractivity contribution >= 4 is 33.5 Å². The van der Waals surface area contributed by atoms with Crippen LogP contribution in [0.3, 0.4) is 0 Å². The van der Waals surface area contributed by atoms with Crippen LogP contribution in [0.2, 0.25) is 0 Å². The van der Waals surface area contributed by atoms with Gasteiger partial charge in [0, 0.05) is 24.5 Å². The summed E-state index contributed by atoms with van der Waals surface area (Å²) in [7, 11) is 1.78. The van der Waals surface area contributed by atoms with Crippen LogP contribution in [-0.4, -0.2) is 43.2 Å². The van der Waals surface area contributed by atoms with Crippen LogP contribution in [0.5, 0.6) is 5.75 Å². The predicted molar refractivity (Wildman–Crippen MR) is 122 cm³/mol. The average molecular weight is 482 g/mol. The third-order valence-corrected chi connectivity index (χ3v) is 6.84. The van der Waals surface area contributed by atoms with E-state index >= 15 is 0 Å². The van der Waals surface area contributed by atoms with Crippen molar-refractivity contribution in [1.82, 2.24) is 24.6 Å². The van der Waals surface area contributed by atoms with Gasteiger partial charge in [0.1, 0.15) is 23.4 Å². The molecule has 2 N–H and O–H groups in total. The van der Waals surface area contributed by atoms with Crippen molar-refractivity contribution in [3.05, 3.63) is 53.5 Å². The Morgan fingerprint density at radius 1 is 1.20 bits per heavy atom. The molecule has 1 amide bonds. The molecule has 0 radical (unpaired) electrons. The summed E-state index contributed by atoms with van der Waals surface area (Å²) in [5.41, 5.74) is 7.34. The second kappa shape index (κ2) is 7.30. The number of hydrogen-bond donors (Lipinski definition) is 1. The zero-order valence-electron chi connectivity index (χ0n) is 18.9. The largest absolute Gasteiger partial charge is 0.488 e. The second-order valence-electron chi connectivity index (χ2n) is 9.26. The molecule has 1 saturated heterocycles. The third-order valence-electron chi connectivity index (χ3n) is 6.84. The number of aryl methyl sites for hydroxylation is 1. The number of anilines is 1. The predicted octanol–water partition coefficient (Wildman–Crippen LogP) is 4.10. The number of fused-ring (bicyclic) bond motifs is 6. The molecule has 0 aliphatic carbocycles. The van der Waals surface area contributed by atoms with E-state index < -0.39 is 23.9 Å². The molecule has 180 valence electrons. The Morgan fingerprint density at radius 2 is 2.00 bits per heavy atom. The minimum absolute atomic E-state index is 0.0994. The topological polar surface area (TPSA) is 99.2 Å². The third kappa shape index (κ3) is 3.28. The van der Waals surface area contributed by atoms with Gasteiger partial charge in [-0.1, -0.05) is 13.0 Å². The number of alkyl halides is 3. The number of aromatic nitrogens is 4. The molecule has 3 aromatic heterocycles. The van der Waals surface area contributed by atoms with Crippen molar-refractivity contribution in [3.8, 4) is 5.75 Å². The molecule has 0 saturated carbocycles. The van der Waals surface area contributed by atoms with E-state index in [0.29, 0.717) is 40.6 Å². The number of nitrogens with zero attached hydrogens (tertiary/aromatic N) is 5. The quantitative estimate of drug-likeness (QED) is 0.439. The van der Waals surface area contributed by atoms with Crippen LogP contribution in [0.4, 0.5) is 19.0 Å². The summed E-state index contributed by atoms with van der Waals surface area (Å²) in [6.45, 7) is 2.42. The van der Waals surface area contributed by atoms with Gasteiger partial charge in [0.15, 0.2) is 0 Å². The number of nitrogen functional groups attached to an aromatic ring is 1. The van der Waals surface area contributed by atoms with E-state index in [2.05, 4.69) is 15.1 Å². The normalized spacial score (nSPS) is 21.7. The first kappa shape index (κ1) is 21.6. The fourth-order valence-corrected chi connectivity index (χ4v) is 5.29. The molecule has 11 heteroatoms. The van der Waals surface area contributed by atoms with E-state index in [0.717, 1.165) is 17.6 Å². The molecular formula is C24H21F3N6O2. The maximum Gasteiger partial charge on any atom is 0.416 e. The highest BCUT2D eigenvalue weighted by Gasteiger charge is 2.46. The molecule has 0 bridgehead atoms. The number of hydrogen-bond acceptors (Lipinski definition) is 6. The van der Waals surface area contributed by atoms with Crippen LogP contribution in [0.25, 0.3) is 21.8 Å². The van der Waals surface area contributed by atoms with Gasteiger partial charge in [-0.3, -0.25) is 9.48 Å². The Labute approximate surface area is 197 Å². The van der Waals surface area contributed by atoms with Crippen LogP contribution in [0.15, 0.2) is 36.7 Å². The van der Waals surface area contributed by atoms with E-state index in [1.165, 1.54) is 12.3 Å². The van der Waals surface area contributed by atoms with Crippen LogP contribution in [0, 0.1) is 5.92 Å². The van der Waals surface area contributed by atoms with Gasteiger partial charge < -0.3 is 15.4 Å². The van der Waals surface area contributed by atoms with E-state index in [1.54, 1.807) is 28.9 Å². The molecule has 6 rings (SSSR count). The number of halogens is 3. The zero-order chi connectivity index (χ0) is 24.6. The lowest BCUT2D eigenvalue weighted by Crippen LogP contribution is -2.47. The van der Waals surface area contributed by atoms with E-state index in [-0.39, 0.29) is 23.3 Å². The lowest BCUT2D eigenvalue weighted by Gasteiger charge is -2.39. The Kier molecular flexibility index (Phi) is 4.51. The molecule has 1 aromatic carbocycles. The van der Waals surface area contributed by atoms with Gasteiger partial charge in [0.05, 0.1) is 40.4 Å². The first-order valence-electron chi connectivity index (χ1n) is 11.2. The van der Waals surface area contributed by atoms with Crippen LogP contribution < -0.4 is 10.5 Å². The average Bonchev–Trinajstić information content (AvgIpc) is 3.37. The molecule has 35 heavy (non-hydrogen) atoms. The van der Waals surface area contributed by atoms with Crippen molar-refractivity contribution in [2.75, 3.05) is 12.3 Å². The molecule has 0 spiro atoms. The Bertz CT molecular complexity index is 1510. The fourth-order valence-electron chi connectivity index (χ4n) is 5.29. The Morgan fingerprint density at radius 3 is 2.77 bits per heavy atom. The molecular weight excluding hydrogens is 461 g/mol. The smallest absolute Gasteiger partial charge is 0.416 e. The van der Waals surface area contributed by atoms with Gasteiger partial charge >= 0.3 is 6.18 Å². The van der Waals surface area contributed by atoms with Gasteiger partial charge in [-0.2, -0.15) is 18.3 Å². The number of nitrogens with two attached hydrogens (primary N) is 1. The van der Waals surface area contributed by atoms with Crippen molar-refractivity contribution in [2.45, 2.75) is 31.7 Å². The molecule has 8 nitrogen and oxygen atoms in total. The lowest BCUT2D eigenvalue weighted by molar-refractivity contribution is -0.137. The number of carbonyl (C=O) groups excluding carboxylic acids is 1. The monoisotopic (exact) mass is 482 g/mol. The lowest BCUT2D eigenvalue weighted by atomic mass is 9.88. The Balaban J connectivity index is 1.43. The summed E-state index contributed by atoms with van der Waals surface area (Å²) in [5, 5.41) is 5.62. The maximum atomic E-state index is 13.8. The number of piperidine rings is 1. The highest BCUT2D eigenvalue weighted by Crippen LogP contribution is 2.47. The van der Waals surface area contributed by atoms with Gasteiger partial charge in [-0.25, -0.2) is 9.97 Å². The molecule has 3 unspecified atom stereocenters. The van der Waals surface area contributed by atoms with E-state index in [1.807, 2.05) is 6.92 Å². The molecule has 2 aliphatic heterocycles. The molecule has 4 aromatic rings. The molecule has 5 heterocycles. The van der Waals surface area contributed by atoms with E-state index in [9.17, 15) is 18.0 Å². The highest BCUT2D eigenvalue weighted by molar-refractivity contribution is 6.09. The number of rotatable bonds is 1. The molecule has 2 aliphatic rings. The summed E-state index contributed by atoms with van der Waals surface area (Å²) in [6.07, 6.45) is -1.14. The van der Waals surface area contributed by atoms with Crippen LogP contribution in [-0.2, 0) is 13.2 Å². The number of carbonyl (C=O) groups is 1. The first-order valence-corrected chi connectivity index (χ1v) is 11.2. The van der Waals surface area contributed by atoms with Gasteiger partial charge in [0.25, 0.3) is 5.91 Å². The summed E-state index contributed by atoms with van der Waals surface area (Å²) in [4.78, 5) is 24.2. The Hall–Kier alpha value is -3.89. The number of pyridine rings is 2. The van der Waals surface area contributed by atoms with Crippen molar-refractivity contribution in [3.63, 3.8) is 0 Å². The molecule has 1 fully saturated rings.